The molecule has 0 N–H and O–H groups in total. The standard InChI is InChI=1S/C24H23F3N2O2.C8H15N3/c1-2-11-31-19-8-6-7-18(14-19)29-16-21-20(23(29)30)12-17(13-22(21)24(25,26)27)15-28-9-4-3-5-10-28;1-4-7(2)5-8-10-9-6-11(8)3/h1,6-8,12-14H,3-5,9-11,15-16H2;6-7H,4-5H2,1-3H3. The van der Waals surface area contributed by atoms with E-state index in [1.54, 1.807) is 36.7 Å². The van der Waals surface area contributed by atoms with Gasteiger partial charge in [0.25, 0.3) is 5.91 Å². The Labute approximate surface area is 245 Å². The summed E-state index contributed by atoms with van der Waals surface area (Å²) in [6.07, 6.45) is 7.89. The van der Waals surface area contributed by atoms with Crippen LogP contribution in [0.5, 0.6) is 5.75 Å². The molecule has 1 aromatic heterocycles. The Bertz CT molecular complexity index is 1410. The summed E-state index contributed by atoms with van der Waals surface area (Å²) in [6.45, 7) is 6.50. The number of piperidine rings is 1. The number of ether oxygens (including phenoxy) is 1. The molecule has 3 heterocycles. The number of halogens is 3. The first-order valence-corrected chi connectivity index (χ1v) is 14.4. The number of aromatic nitrogens is 3. The molecule has 2 aromatic carbocycles. The maximum absolute atomic E-state index is 13.9. The van der Waals surface area contributed by atoms with Gasteiger partial charge in [-0.3, -0.25) is 9.69 Å². The van der Waals surface area contributed by atoms with Crippen molar-refractivity contribution in [3.8, 4) is 18.1 Å². The van der Waals surface area contributed by atoms with E-state index in [-0.39, 0.29) is 24.3 Å². The van der Waals surface area contributed by atoms with Crippen LogP contribution in [0.2, 0.25) is 0 Å². The van der Waals surface area contributed by atoms with E-state index in [1.807, 2.05) is 11.6 Å². The molecule has 1 fully saturated rings. The van der Waals surface area contributed by atoms with Crippen molar-refractivity contribution in [2.45, 2.75) is 65.2 Å². The molecule has 0 saturated carbocycles. The Balaban J connectivity index is 0.000000310. The lowest BCUT2D eigenvalue weighted by atomic mass is 9.98. The summed E-state index contributed by atoms with van der Waals surface area (Å²) in [5, 5.41) is 7.84. The zero-order valence-electron chi connectivity index (χ0n) is 24.5. The molecule has 0 radical (unpaired) electrons. The quantitative estimate of drug-likeness (QED) is 0.294. The number of rotatable bonds is 8. The van der Waals surface area contributed by atoms with Crippen molar-refractivity contribution in [2.75, 3.05) is 24.6 Å². The van der Waals surface area contributed by atoms with Crippen LogP contribution in [0.3, 0.4) is 0 Å². The summed E-state index contributed by atoms with van der Waals surface area (Å²) in [6, 6.07) is 9.49. The molecule has 2 aliphatic heterocycles. The summed E-state index contributed by atoms with van der Waals surface area (Å²) < 4.78 is 49.0. The Morgan fingerprint density at radius 1 is 1.14 bits per heavy atom. The number of amides is 1. The molecule has 42 heavy (non-hydrogen) atoms. The number of nitrogens with zero attached hydrogens (tertiary/aromatic N) is 5. The lowest BCUT2D eigenvalue weighted by Crippen LogP contribution is -2.29. The second kappa shape index (κ2) is 13.9. The third-order valence-corrected chi connectivity index (χ3v) is 7.75. The van der Waals surface area contributed by atoms with Crippen LogP contribution in [0, 0.1) is 18.3 Å². The molecule has 1 saturated heterocycles. The number of benzene rings is 2. The molecule has 1 atom stereocenters. The Morgan fingerprint density at radius 3 is 2.55 bits per heavy atom. The second-order valence-corrected chi connectivity index (χ2v) is 11.0. The van der Waals surface area contributed by atoms with Gasteiger partial charge in [0.15, 0.2) is 0 Å². The number of carbonyl (C=O) groups excluding carboxylic acids is 1. The van der Waals surface area contributed by atoms with Gasteiger partial charge in [-0.15, -0.1) is 16.6 Å². The van der Waals surface area contributed by atoms with E-state index in [0.717, 1.165) is 44.6 Å². The third-order valence-electron chi connectivity index (χ3n) is 7.75. The van der Waals surface area contributed by atoms with Crippen LogP contribution in [0.15, 0.2) is 42.7 Å². The van der Waals surface area contributed by atoms with E-state index < -0.39 is 17.6 Å². The highest BCUT2D eigenvalue weighted by atomic mass is 19.4. The third kappa shape index (κ3) is 7.71. The zero-order chi connectivity index (χ0) is 30.3. The highest BCUT2D eigenvalue weighted by Gasteiger charge is 2.40. The molecule has 224 valence electrons. The molecule has 10 heteroatoms. The number of likely N-dealkylation sites (tertiary alicyclic amines) is 1. The largest absolute Gasteiger partial charge is 0.481 e. The number of fused-ring (bicyclic) bond motifs is 1. The number of anilines is 1. The minimum atomic E-state index is -4.53. The van der Waals surface area contributed by atoms with Crippen LogP contribution < -0.4 is 9.64 Å². The first-order valence-electron chi connectivity index (χ1n) is 14.4. The summed E-state index contributed by atoms with van der Waals surface area (Å²) >= 11 is 0. The van der Waals surface area contributed by atoms with E-state index in [2.05, 4.69) is 34.9 Å². The molecule has 0 aliphatic carbocycles. The van der Waals surface area contributed by atoms with Crippen molar-refractivity contribution in [3.63, 3.8) is 0 Å². The topological polar surface area (TPSA) is 63.5 Å². The van der Waals surface area contributed by atoms with Crippen molar-refractivity contribution in [1.82, 2.24) is 19.7 Å². The average molecular weight is 582 g/mol. The lowest BCUT2D eigenvalue weighted by molar-refractivity contribution is -0.138. The van der Waals surface area contributed by atoms with Crippen molar-refractivity contribution in [3.05, 3.63) is 70.8 Å². The van der Waals surface area contributed by atoms with Crippen LogP contribution in [-0.4, -0.2) is 45.3 Å². The van der Waals surface area contributed by atoms with Gasteiger partial charge in [0.1, 0.15) is 24.5 Å². The van der Waals surface area contributed by atoms with Gasteiger partial charge >= 0.3 is 6.18 Å². The van der Waals surface area contributed by atoms with Gasteiger partial charge in [-0.2, -0.15) is 13.2 Å². The Morgan fingerprint density at radius 2 is 1.90 bits per heavy atom. The van der Waals surface area contributed by atoms with Gasteiger partial charge < -0.3 is 14.2 Å². The van der Waals surface area contributed by atoms with Crippen molar-refractivity contribution in [2.24, 2.45) is 13.0 Å². The first kappa shape index (κ1) is 31.1. The predicted octanol–water partition coefficient (Wildman–Crippen LogP) is 6.27. The van der Waals surface area contributed by atoms with Gasteiger partial charge in [-0.1, -0.05) is 38.7 Å². The van der Waals surface area contributed by atoms with E-state index in [9.17, 15) is 18.0 Å². The van der Waals surface area contributed by atoms with Gasteiger partial charge in [0.05, 0.1) is 12.1 Å². The summed E-state index contributed by atoms with van der Waals surface area (Å²) in [4.78, 5) is 16.6. The maximum Gasteiger partial charge on any atom is 0.416 e. The monoisotopic (exact) mass is 581 g/mol. The minimum absolute atomic E-state index is 0.0230. The molecule has 2 aliphatic rings. The van der Waals surface area contributed by atoms with E-state index in [1.165, 1.54) is 17.4 Å². The van der Waals surface area contributed by atoms with Gasteiger partial charge in [0, 0.05) is 37.3 Å². The highest BCUT2D eigenvalue weighted by molar-refractivity contribution is 6.10. The number of hydrogen-bond donors (Lipinski definition) is 0. The summed E-state index contributed by atoms with van der Waals surface area (Å²) in [7, 11) is 1.98. The fourth-order valence-corrected chi connectivity index (χ4v) is 5.21. The van der Waals surface area contributed by atoms with Crippen LogP contribution >= 0.6 is 0 Å². The van der Waals surface area contributed by atoms with E-state index >= 15 is 0 Å². The highest BCUT2D eigenvalue weighted by Crippen LogP contribution is 2.40. The predicted molar refractivity (Wildman–Crippen MR) is 156 cm³/mol. The Hall–Kier alpha value is -3.84. The molecule has 7 nitrogen and oxygen atoms in total. The molecule has 1 amide bonds. The molecular weight excluding hydrogens is 543 g/mol. The van der Waals surface area contributed by atoms with Gasteiger partial charge in [0.2, 0.25) is 0 Å². The second-order valence-electron chi connectivity index (χ2n) is 11.0. The fourth-order valence-electron chi connectivity index (χ4n) is 5.21. The molecular formula is C32H38F3N5O2. The Kier molecular flexibility index (Phi) is 10.3. The summed E-state index contributed by atoms with van der Waals surface area (Å²) in [5.74, 6) is 4.17. The summed E-state index contributed by atoms with van der Waals surface area (Å²) in [5.41, 5.74) is 0.412. The number of alkyl halides is 3. The zero-order valence-corrected chi connectivity index (χ0v) is 24.5. The molecule has 3 aromatic rings. The van der Waals surface area contributed by atoms with Crippen LogP contribution in [-0.2, 0) is 32.7 Å². The first-order chi connectivity index (χ1) is 20.1. The lowest BCUT2D eigenvalue weighted by Gasteiger charge is -2.27. The number of aryl methyl sites for hydroxylation is 1. The van der Waals surface area contributed by atoms with Crippen molar-refractivity contribution >= 4 is 11.6 Å². The number of terminal acetylenes is 1. The number of hydrogen-bond acceptors (Lipinski definition) is 5. The van der Waals surface area contributed by atoms with Crippen molar-refractivity contribution in [1.29, 1.82) is 0 Å². The van der Waals surface area contributed by atoms with E-state index in [4.69, 9.17) is 11.2 Å². The van der Waals surface area contributed by atoms with Gasteiger partial charge in [-0.05, 0) is 67.2 Å². The minimum Gasteiger partial charge on any atom is -0.481 e. The van der Waals surface area contributed by atoms with Crippen LogP contribution in [0.1, 0.15) is 72.4 Å². The fraction of sp³-hybridized carbons (Fsp3) is 0.469. The number of carbonyl (C=O) groups is 1. The molecule has 0 bridgehead atoms. The maximum atomic E-state index is 13.9. The molecule has 5 rings (SSSR count). The van der Waals surface area contributed by atoms with Crippen molar-refractivity contribution < 1.29 is 22.7 Å². The van der Waals surface area contributed by atoms with E-state index in [0.29, 0.717) is 29.5 Å². The van der Waals surface area contributed by atoms with Crippen LogP contribution in [0.4, 0.5) is 18.9 Å². The SMILES string of the molecule is C#CCOc1cccc(N2Cc3c(cc(CN4CCCCC4)cc3C(F)(F)F)C2=O)c1.CCC(C)Cc1nncn1C. The average Bonchev–Trinajstić information content (AvgIpc) is 3.53. The van der Waals surface area contributed by atoms with Crippen LogP contribution in [0.25, 0.3) is 0 Å². The molecule has 1 unspecified atom stereocenters. The molecule has 0 spiro atoms. The normalized spacial score (nSPS) is 15.9. The van der Waals surface area contributed by atoms with Gasteiger partial charge in [-0.25, -0.2) is 0 Å². The smallest absolute Gasteiger partial charge is 0.416 e.